The molecule has 0 aliphatic rings. The fraction of sp³-hybridized carbons (Fsp3) is 0.462. The van der Waals surface area contributed by atoms with Crippen LogP contribution in [0.2, 0.25) is 0 Å². The number of hydrogen-bond donors (Lipinski definition) is 2. The Hall–Kier alpha value is -1.07. The maximum Gasteiger partial charge on any atom is 0.238 e. The Morgan fingerprint density at radius 1 is 1.33 bits per heavy atom. The highest BCUT2D eigenvalue weighted by molar-refractivity contribution is 7.98. The van der Waals surface area contributed by atoms with E-state index in [1.54, 1.807) is 18.2 Å². The van der Waals surface area contributed by atoms with Gasteiger partial charge in [0.1, 0.15) is 5.82 Å². The minimum atomic E-state index is -0.411. The Balaban J connectivity index is 2.16. The molecule has 0 aliphatic carbocycles. The number of halogens is 1. The summed E-state index contributed by atoms with van der Waals surface area (Å²) >= 11 is 1.82. The van der Waals surface area contributed by atoms with Gasteiger partial charge in [-0.15, -0.1) is 0 Å². The fourth-order valence-corrected chi connectivity index (χ4v) is 1.95. The van der Waals surface area contributed by atoms with E-state index in [0.717, 1.165) is 25.1 Å². The second-order valence-corrected chi connectivity index (χ2v) is 4.89. The molecule has 0 unspecified atom stereocenters. The van der Waals surface area contributed by atoms with Gasteiger partial charge in [-0.05, 0) is 43.5 Å². The van der Waals surface area contributed by atoms with E-state index in [1.165, 1.54) is 6.07 Å². The predicted molar refractivity (Wildman–Crippen MR) is 75.5 cm³/mol. The van der Waals surface area contributed by atoms with Crippen molar-refractivity contribution in [3.05, 3.63) is 30.1 Å². The van der Waals surface area contributed by atoms with Gasteiger partial charge in [-0.2, -0.15) is 11.8 Å². The minimum Gasteiger partial charge on any atom is -0.322 e. The first-order chi connectivity index (χ1) is 8.74. The summed E-state index contributed by atoms with van der Waals surface area (Å²) in [6.45, 7) is 1.03. The SMILES string of the molecule is CSCCCCNCC(=O)Nc1ccccc1F. The van der Waals surface area contributed by atoms with E-state index in [4.69, 9.17) is 0 Å². The van der Waals surface area contributed by atoms with Crippen molar-refractivity contribution in [1.29, 1.82) is 0 Å². The van der Waals surface area contributed by atoms with E-state index in [9.17, 15) is 9.18 Å². The number of anilines is 1. The molecule has 0 atom stereocenters. The van der Waals surface area contributed by atoms with Gasteiger partial charge in [-0.1, -0.05) is 12.1 Å². The van der Waals surface area contributed by atoms with Crippen LogP contribution >= 0.6 is 11.8 Å². The van der Waals surface area contributed by atoms with Gasteiger partial charge in [-0.25, -0.2) is 4.39 Å². The first kappa shape index (κ1) is 15.0. The van der Waals surface area contributed by atoms with Crippen LogP contribution in [-0.4, -0.2) is 31.0 Å². The van der Waals surface area contributed by atoms with E-state index < -0.39 is 5.82 Å². The van der Waals surface area contributed by atoms with Crippen molar-refractivity contribution >= 4 is 23.4 Å². The lowest BCUT2D eigenvalue weighted by molar-refractivity contribution is -0.115. The lowest BCUT2D eigenvalue weighted by atomic mass is 10.3. The number of carbonyl (C=O) groups is 1. The third kappa shape index (κ3) is 6.02. The fourth-order valence-electron chi connectivity index (χ4n) is 1.46. The second-order valence-electron chi connectivity index (χ2n) is 3.90. The molecule has 0 aromatic heterocycles. The van der Waals surface area contributed by atoms with E-state index in [0.29, 0.717) is 0 Å². The molecule has 0 heterocycles. The molecule has 0 radical (unpaired) electrons. The largest absolute Gasteiger partial charge is 0.322 e. The standard InChI is InChI=1S/C13H19FN2OS/c1-18-9-5-4-8-15-10-13(17)16-12-7-3-2-6-11(12)14/h2-3,6-7,15H,4-5,8-10H2,1H3,(H,16,17). The van der Waals surface area contributed by atoms with Gasteiger partial charge in [-0.3, -0.25) is 4.79 Å². The van der Waals surface area contributed by atoms with Crippen molar-refractivity contribution < 1.29 is 9.18 Å². The van der Waals surface area contributed by atoms with Crippen molar-refractivity contribution in [2.24, 2.45) is 0 Å². The normalized spacial score (nSPS) is 10.3. The number of benzene rings is 1. The third-order valence-electron chi connectivity index (χ3n) is 2.39. The molecule has 0 spiro atoms. The molecular formula is C13H19FN2OS. The molecule has 0 fully saturated rings. The van der Waals surface area contributed by atoms with Gasteiger partial charge >= 0.3 is 0 Å². The number of unbranched alkanes of at least 4 members (excludes halogenated alkanes) is 1. The monoisotopic (exact) mass is 270 g/mol. The smallest absolute Gasteiger partial charge is 0.238 e. The van der Waals surface area contributed by atoms with Gasteiger partial charge in [0, 0.05) is 0 Å². The number of amides is 1. The van der Waals surface area contributed by atoms with Crippen LogP contribution in [-0.2, 0) is 4.79 Å². The van der Waals surface area contributed by atoms with Crippen molar-refractivity contribution in [2.75, 3.05) is 30.4 Å². The van der Waals surface area contributed by atoms with E-state index >= 15 is 0 Å². The number of rotatable bonds is 8. The van der Waals surface area contributed by atoms with Crippen molar-refractivity contribution in [3.8, 4) is 0 Å². The molecule has 18 heavy (non-hydrogen) atoms. The van der Waals surface area contributed by atoms with Crippen LogP contribution in [0.25, 0.3) is 0 Å². The van der Waals surface area contributed by atoms with Crippen LogP contribution in [0.4, 0.5) is 10.1 Å². The maximum absolute atomic E-state index is 13.2. The predicted octanol–water partition coefficient (Wildman–Crippen LogP) is 2.50. The zero-order chi connectivity index (χ0) is 13.2. The Bertz CT molecular complexity index is 374. The van der Waals surface area contributed by atoms with Crippen molar-refractivity contribution in [1.82, 2.24) is 5.32 Å². The number of thioether (sulfide) groups is 1. The van der Waals surface area contributed by atoms with Gasteiger partial charge < -0.3 is 10.6 Å². The number of carbonyl (C=O) groups excluding carboxylic acids is 1. The first-order valence-corrected chi connectivity index (χ1v) is 7.37. The number of nitrogens with one attached hydrogen (secondary N) is 2. The van der Waals surface area contributed by atoms with Gasteiger partial charge in [0.15, 0.2) is 0 Å². The summed E-state index contributed by atoms with van der Waals surface area (Å²) in [5, 5.41) is 5.57. The topological polar surface area (TPSA) is 41.1 Å². The summed E-state index contributed by atoms with van der Waals surface area (Å²) in [5.41, 5.74) is 0.228. The average Bonchev–Trinajstić information content (AvgIpc) is 2.36. The molecule has 1 aromatic rings. The van der Waals surface area contributed by atoms with Gasteiger partial charge in [0.05, 0.1) is 12.2 Å². The van der Waals surface area contributed by atoms with Gasteiger partial charge in [0.2, 0.25) is 5.91 Å². The van der Waals surface area contributed by atoms with E-state index in [1.807, 2.05) is 11.8 Å². The molecule has 1 aromatic carbocycles. The molecule has 5 heteroatoms. The van der Waals surface area contributed by atoms with Crippen LogP contribution in [0.3, 0.4) is 0 Å². The molecule has 0 saturated heterocycles. The van der Waals surface area contributed by atoms with Crippen LogP contribution in [0.15, 0.2) is 24.3 Å². The van der Waals surface area contributed by atoms with Crippen LogP contribution in [0, 0.1) is 5.82 Å². The molecule has 3 nitrogen and oxygen atoms in total. The van der Waals surface area contributed by atoms with Crippen molar-refractivity contribution in [2.45, 2.75) is 12.8 Å². The summed E-state index contributed by atoms with van der Waals surface area (Å²) in [5.74, 6) is 0.513. The molecule has 2 N–H and O–H groups in total. The molecular weight excluding hydrogens is 251 g/mol. The zero-order valence-corrected chi connectivity index (χ0v) is 11.4. The second kappa shape index (κ2) is 8.94. The Morgan fingerprint density at radius 2 is 2.11 bits per heavy atom. The number of para-hydroxylation sites is 1. The lowest BCUT2D eigenvalue weighted by Gasteiger charge is -2.07. The molecule has 1 amide bonds. The minimum absolute atomic E-state index is 0.216. The average molecular weight is 270 g/mol. The summed E-state index contributed by atoms with van der Waals surface area (Å²) < 4.78 is 13.2. The highest BCUT2D eigenvalue weighted by atomic mass is 32.2. The quantitative estimate of drug-likeness (QED) is 0.713. The highest BCUT2D eigenvalue weighted by Gasteiger charge is 2.05. The highest BCUT2D eigenvalue weighted by Crippen LogP contribution is 2.11. The molecule has 0 aliphatic heterocycles. The van der Waals surface area contributed by atoms with Crippen LogP contribution in [0.1, 0.15) is 12.8 Å². The maximum atomic E-state index is 13.2. The van der Waals surface area contributed by atoms with E-state index in [-0.39, 0.29) is 18.1 Å². The third-order valence-corrected chi connectivity index (χ3v) is 3.08. The summed E-state index contributed by atoms with van der Waals surface area (Å²) in [4.78, 5) is 11.5. The number of hydrogen-bond acceptors (Lipinski definition) is 3. The molecule has 1 rings (SSSR count). The zero-order valence-electron chi connectivity index (χ0n) is 10.5. The Kier molecular flexibility index (Phi) is 7.44. The van der Waals surface area contributed by atoms with Crippen LogP contribution in [0.5, 0.6) is 0 Å². The van der Waals surface area contributed by atoms with Crippen molar-refractivity contribution in [3.63, 3.8) is 0 Å². The Morgan fingerprint density at radius 3 is 2.83 bits per heavy atom. The lowest BCUT2D eigenvalue weighted by Crippen LogP contribution is -2.29. The molecule has 100 valence electrons. The van der Waals surface area contributed by atoms with Gasteiger partial charge in [0.25, 0.3) is 0 Å². The molecule has 0 saturated carbocycles. The summed E-state index contributed by atoms with van der Waals surface area (Å²) in [6.07, 6.45) is 4.27. The summed E-state index contributed by atoms with van der Waals surface area (Å²) in [7, 11) is 0. The Labute approximate surface area is 112 Å². The van der Waals surface area contributed by atoms with E-state index in [2.05, 4.69) is 16.9 Å². The molecule has 0 bridgehead atoms. The van der Waals surface area contributed by atoms with Crippen LogP contribution < -0.4 is 10.6 Å². The summed E-state index contributed by atoms with van der Waals surface area (Å²) in [6, 6.07) is 6.15. The first-order valence-electron chi connectivity index (χ1n) is 5.98.